The van der Waals surface area contributed by atoms with Gasteiger partial charge in [-0.15, -0.1) is 22.7 Å². The molecule has 4 aromatic carbocycles. The van der Waals surface area contributed by atoms with Gasteiger partial charge in [-0.3, -0.25) is 48.0 Å². The van der Waals surface area contributed by atoms with E-state index >= 15 is 0 Å². The van der Waals surface area contributed by atoms with Gasteiger partial charge in [0.25, 0.3) is 17.7 Å². The summed E-state index contributed by atoms with van der Waals surface area (Å²) in [6.45, 7) is 21.0. The Hall–Kier alpha value is -8.93. The molecule has 2 saturated carbocycles. The van der Waals surface area contributed by atoms with Gasteiger partial charge in [-0.25, -0.2) is 37.4 Å². The van der Waals surface area contributed by atoms with Crippen molar-refractivity contribution in [2.75, 3.05) is 150 Å². The fourth-order valence-electron chi connectivity index (χ4n) is 14.5. The van der Waals surface area contributed by atoms with Crippen LogP contribution in [-0.2, 0) is 81.1 Å². The van der Waals surface area contributed by atoms with Crippen molar-refractivity contribution in [3.05, 3.63) is 139 Å². The maximum Gasteiger partial charge on any atom is 0.277 e. The van der Waals surface area contributed by atoms with Crippen molar-refractivity contribution in [1.29, 1.82) is 0 Å². The van der Waals surface area contributed by atoms with Crippen LogP contribution in [0.1, 0.15) is 164 Å². The minimum Gasteiger partial charge on any atom is -0.391 e. The first-order valence-electron chi connectivity index (χ1n) is 45.0. The quantitative estimate of drug-likeness (QED) is 0.00732. The molecule has 4 fully saturated rings. The van der Waals surface area contributed by atoms with Crippen LogP contribution in [-0.4, -0.2) is 276 Å². The summed E-state index contributed by atoms with van der Waals surface area (Å²) in [5, 5.41) is 40.5. The van der Waals surface area contributed by atoms with E-state index in [4.69, 9.17) is 48.5 Å². The molecule has 8 atom stereocenters. The predicted molar refractivity (Wildman–Crippen MR) is 499 cm³/mol. The zero-order chi connectivity index (χ0) is 97.1. The van der Waals surface area contributed by atoms with Gasteiger partial charge in [0.05, 0.1) is 192 Å². The highest BCUT2D eigenvalue weighted by Gasteiger charge is 2.55. The number of β-amino-alcohol motifs (C(OH)–C–C–N with tert-alkyl or cyclic N) is 2. The number of alkyl halides is 2. The monoisotopic (exact) mass is 2030 g/mol. The first kappa shape index (κ1) is 109. The van der Waals surface area contributed by atoms with Crippen molar-refractivity contribution < 1.29 is 118 Å². The molecule has 33 nitrogen and oxygen atoms in total. The van der Waals surface area contributed by atoms with Crippen molar-refractivity contribution in [3.63, 3.8) is 0 Å². The molecule has 12 N–H and O–H groups in total. The third kappa shape index (κ3) is 34.3. The number of carbonyl (C=O) groups is 9. The standard InChI is InChI=1S/C55H70F4IN7O11S.C38H57FN6O9S/c1-34-48(79-33-62-34)36-11-9-35(10-12-36)43(64-51(71)44-30-38(68)32-67(44)52(72)49(54(2,3)4)65-53(73)55(59)17-18-55)31-45(69)61-19-22-75-24-26-77-28-27-76-25-23-74-20-7-5-6-8-21-78-66-50(70)39-14-15-40(56)46(58)47(39)63-42-16-13-37(60)29-41(42)57;1-25-32(55-24-42-25)27-7-5-26(6-8-27)29(22-31(47)41-12-14-52-16-18-54-20-19-53-17-15-51-13-11-40)43-34(48)30-21-28(46)23-45(30)35(49)33(37(2,3)4)44-36(50)38(39)9-10-38/h9-16,29,33,38,43-44,49,63,68H,5-8,17-28,30-32H2,1-4H3,(H,61,69)(H,64,71)(H,65,73)(H,66,70);5-8,24,28-30,33,46H,9-23,40H2,1-4H3,(H,41,47)(H,43,48)(H,44,50)/t38-,43+,44+,49?;28-,29+,30+,33?/m11/s1. The molecule has 41 heteroatoms. The van der Waals surface area contributed by atoms with E-state index in [0.29, 0.717) is 114 Å². The summed E-state index contributed by atoms with van der Waals surface area (Å²) in [6.07, 6.45) is 0.938. The third-order valence-electron chi connectivity index (χ3n) is 22.4. The van der Waals surface area contributed by atoms with E-state index in [1.54, 1.807) is 58.6 Å². The molecule has 134 heavy (non-hydrogen) atoms. The van der Waals surface area contributed by atoms with Crippen LogP contribution in [0.4, 0.5) is 33.3 Å². The number of carbonyl (C=O) groups excluding carboxylic acids is 9. The summed E-state index contributed by atoms with van der Waals surface area (Å²) < 4.78 is 117. The molecule has 2 aliphatic carbocycles. The normalized spacial score (nSPS) is 17.4. The van der Waals surface area contributed by atoms with Gasteiger partial charge >= 0.3 is 0 Å². The Morgan fingerprint density at radius 1 is 0.515 bits per heavy atom. The summed E-state index contributed by atoms with van der Waals surface area (Å²) in [5.41, 5.74) is 9.42. The number of hydrogen-bond acceptors (Lipinski definition) is 26. The van der Waals surface area contributed by atoms with E-state index in [9.17, 15) is 75.3 Å². The van der Waals surface area contributed by atoms with E-state index < -0.39 is 135 Å². The number of nitrogens with two attached hydrogens (primary N) is 1. The van der Waals surface area contributed by atoms with Gasteiger partial charge in [0, 0.05) is 55.7 Å². The molecule has 0 bridgehead atoms. The maximum atomic E-state index is 14.7. The van der Waals surface area contributed by atoms with Crippen LogP contribution < -0.4 is 48.4 Å². The lowest BCUT2D eigenvalue weighted by Crippen LogP contribution is -2.59. The molecule has 2 aromatic heterocycles. The minimum atomic E-state index is -2.02. The molecule has 2 aliphatic heterocycles. The number of halogens is 6. The van der Waals surface area contributed by atoms with Gasteiger partial charge < -0.3 is 101 Å². The second-order valence-electron chi connectivity index (χ2n) is 35.2. The molecule has 10 rings (SSSR count). The number of benzene rings is 4. The molecule has 2 saturated heterocycles. The summed E-state index contributed by atoms with van der Waals surface area (Å²) in [6, 6.07) is 14.8. The van der Waals surface area contributed by atoms with Gasteiger partial charge in [-0.05, 0) is 138 Å². The molecule has 9 amide bonds. The highest BCUT2D eigenvalue weighted by Crippen LogP contribution is 2.43. The van der Waals surface area contributed by atoms with Crippen LogP contribution in [0.25, 0.3) is 20.9 Å². The van der Waals surface area contributed by atoms with E-state index in [1.807, 2.05) is 85.0 Å². The molecular weight excluding hydrogens is 1910 g/mol. The van der Waals surface area contributed by atoms with Crippen LogP contribution in [0.15, 0.2) is 89.9 Å². The van der Waals surface area contributed by atoms with Gasteiger partial charge in [0.2, 0.25) is 35.4 Å². The summed E-state index contributed by atoms with van der Waals surface area (Å²) in [5.74, 6) is -8.86. The number of nitrogens with one attached hydrogen (secondary N) is 8. The van der Waals surface area contributed by atoms with Gasteiger partial charge in [-0.2, -0.15) is 0 Å². The predicted octanol–water partition coefficient (Wildman–Crippen LogP) is 9.33. The first-order valence-corrected chi connectivity index (χ1v) is 47.9. The molecule has 4 heterocycles. The van der Waals surface area contributed by atoms with Crippen molar-refractivity contribution in [3.8, 4) is 20.9 Å². The number of ether oxygens (including phenoxy) is 8. The second kappa shape index (κ2) is 53.7. The van der Waals surface area contributed by atoms with Crippen LogP contribution in [0, 0.1) is 45.7 Å². The lowest BCUT2D eigenvalue weighted by atomic mass is 9.85. The Morgan fingerprint density at radius 3 is 1.29 bits per heavy atom. The highest BCUT2D eigenvalue weighted by atomic mass is 127. The SMILES string of the molecule is Cc1ncsc1-c1ccc([C@H](CC(=O)NCCOCCOCCOCCOCCCCCCONC(=O)c2ccc(F)c(F)c2Nc2ccc(I)cc2F)NC(=O)[C@@H]2C[C@@H](O)CN2C(=O)C(NC(=O)C2(F)CC2)C(C)(C)C)cc1.Cc1ncsc1-c1ccc([C@H](CC(=O)NCCOCCOCCOCCOCCN)NC(=O)[C@@H]2C[C@@H](O)CN2C(=O)C(NC(=O)C2(F)CC2)C(C)(C)C)cc1. The number of aliphatic hydroxyl groups excluding tert-OH is 2. The summed E-state index contributed by atoms with van der Waals surface area (Å²) in [7, 11) is 0. The Morgan fingerprint density at radius 2 is 0.910 bits per heavy atom. The number of hydrogen-bond donors (Lipinski definition) is 11. The number of thiazole rings is 2. The largest absolute Gasteiger partial charge is 0.391 e. The third-order valence-corrected chi connectivity index (χ3v) is 25.0. The second-order valence-corrected chi connectivity index (χ2v) is 38.1. The van der Waals surface area contributed by atoms with E-state index in [2.05, 4.69) is 52.7 Å². The highest BCUT2D eigenvalue weighted by molar-refractivity contribution is 14.1. The van der Waals surface area contributed by atoms with Crippen molar-refractivity contribution in [2.45, 2.75) is 192 Å². The fourth-order valence-corrected chi connectivity index (χ4v) is 16.6. The van der Waals surface area contributed by atoms with Crippen molar-refractivity contribution in [2.24, 2.45) is 16.6 Å². The first-order chi connectivity index (χ1) is 64.0. The van der Waals surface area contributed by atoms with Crippen LogP contribution in [0.2, 0.25) is 0 Å². The summed E-state index contributed by atoms with van der Waals surface area (Å²) in [4.78, 5) is 139. The molecule has 2 unspecified atom stereocenters. The number of hydroxylamine groups is 1. The van der Waals surface area contributed by atoms with Crippen LogP contribution >= 0.6 is 45.3 Å². The summed E-state index contributed by atoms with van der Waals surface area (Å²) >= 11 is 4.91. The van der Waals surface area contributed by atoms with Gasteiger partial charge in [0.1, 0.15) is 30.0 Å². The van der Waals surface area contributed by atoms with Crippen LogP contribution in [0.5, 0.6) is 0 Å². The van der Waals surface area contributed by atoms with Crippen LogP contribution in [0.3, 0.4) is 0 Å². The number of anilines is 2. The number of aliphatic hydroxyl groups is 2. The Labute approximate surface area is 799 Å². The maximum absolute atomic E-state index is 14.7. The van der Waals surface area contributed by atoms with Crippen molar-refractivity contribution >= 4 is 110 Å². The number of aromatic nitrogens is 2. The zero-order valence-corrected chi connectivity index (χ0v) is 80.8. The average Bonchev–Trinajstić information content (AvgIpc) is 1.62. The van der Waals surface area contributed by atoms with Crippen molar-refractivity contribution in [1.82, 2.24) is 57.1 Å². The number of rotatable bonds is 55. The smallest absolute Gasteiger partial charge is 0.277 e. The lowest BCUT2D eigenvalue weighted by Gasteiger charge is -2.36. The van der Waals surface area contributed by atoms with E-state index in [0.717, 1.165) is 63.7 Å². The van der Waals surface area contributed by atoms with E-state index in [-0.39, 0.29) is 127 Å². The molecule has 0 radical (unpaired) electrons. The van der Waals surface area contributed by atoms with Gasteiger partial charge in [0.15, 0.2) is 23.0 Å². The average molecular weight is 2030 g/mol. The number of amides is 9. The Kier molecular flexibility index (Phi) is 43.6. The topological polar surface area (TPSA) is 432 Å². The molecule has 6 aromatic rings. The number of nitrogens with zero attached hydrogens (tertiary/aromatic N) is 4. The lowest BCUT2D eigenvalue weighted by molar-refractivity contribution is -0.145. The molecular formula is C93H127F5IN13O20S2. The molecule has 738 valence electrons. The van der Waals surface area contributed by atoms with Gasteiger partial charge in [-0.1, -0.05) is 103 Å². The fraction of sp³-hybridized carbons (Fsp3) is 0.581. The Bertz CT molecular complexity index is 4800. The number of unbranched alkanes of at least 4 members (excludes halogenated alkanes) is 3. The van der Waals surface area contributed by atoms with E-state index in [1.165, 1.54) is 44.6 Å². The Balaban J connectivity index is 0.000000321. The number of likely N-dealkylation sites (tertiary alicyclic amines) is 2. The minimum absolute atomic E-state index is 0.0454. The molecule has 0 spiro atoms. The zero-order valence-electron chi connectivity index (χ0n) is 77.0. The number of aryl methyl sites for hydroxylation is 2. The molecule has 4 aliphatic rings.